The summed E-state index contributed by atoms with van der Waals surface area (Å²) < 4.78 is 28.9. The monoisotopic (exact) mass is 374 g/mol. The van der Waals surface area contributed by atoms with Gasteiger partial charge in [0.2, 0.25) is 0 Å². The summed E-state index contributed by atoms with van der Waals surface area (Å²) >= 11 is 0. The Bertz CT molecular complexity index is 202. The van der Waals surface area contributed by atoms with Crippen LogP contribution in [0, 0.1) is 0 Å². The summed E-state index contributed by atoms with van der Waals surface area (Å²) in [5.41, 5.74) is 0. The summed E-state index contributed by atoms with van der Waals surface area (Å²) in [4.78, 5) is 28.9. The molecule has 1 radical (unpaired) electrons. The zero-order valence-corrected chi connectivity index (χ0v) is 15.2. The molecule has 19 heavy (non-hydrogen) atoms. The van der Waals surface area contributed by atoms with Crippen molar-refractivity contribution in [3.63, 3.8) is 0 Å². The Labute approximate surface area is 128 Å². The molecule has 0 saturated heterocycles. The fourth-order valence-corrected chi connectivity index (χ4v) is 1.64. The quantitative estimate of drug-likeness (QED) is 0.513. The van der Waals surface area contributed by atoms with Crippen molar-refractivity contribution >= 4 is 24.1 Å². The van der Waals surface area contributed by atoms with Gasteiger partial charge in [-0.05, 0) is 19.3 Å². The van der Waals surface area contributed by atoms with Crippen LogP contribution < -0.4 is 14.7 Å². The number of hydrogen-bond acceptors (Lipinski definition) is 6. The minimum Gasteiger partial charge on any atom is -0.596 e. The molecule has 0 rings (SSSR count). The molecule has 113 valence electrons. The van der Waals surface area contributed by atoms with E-state index < -0.39 is 24.1 Å². The van der Waals surface area contributed by atoms with Crippen LogP contribution in [-0.2, 0) is 30.8 Å². The molecule has 0 aromatic heterocycles. The second kappa shape index (κ2) is 23.8. The van der Waals surface area contributed by atoms with Gasteiger partial charge in [-0.2, -0.15) is 0 Å². The molecule has 0 aliphatic rings. The van der Waals surface area contributed by atoms with Crippen LogP contribution in [0.1, 0.15) is 40.0 Å². The van der Waals surface area contributed by atoms with Gasteiger partial charge < -0.3 is 14.7 Å². The molecule has 0 bridgehead atoms. The van der Waals surface area contributed by atoms with Crippen molar-refractivity contribution in [2.45, 2.75) is 40.0 Å². The molecule has 10 heteroatoms. The SMILES string of the molecule is CCC[P+](=O)[O-].CCC[P+](=O)[O-].CCC[P+](=O)[O-].[Fe+3]. The van der Waals surface area contributed by atoms with E-state index in [1.165, 1.54) is 0 Å². The van der Waals surface area contributed by atoms with E-state index >= 15 is 0 Å². The van der Waals surface area contributed by atoms with E-state index in [1.807, 2.05) is 20.8 Å². The number of hydrogen-bond donors (Lipinski definition) is 0. The summed E-state index contributed by atoms with van der Waals surface area (Å²) in [6.45, 7) is 5.52. The van der Waals surface area contributed by atoms with Gasteiger partial charge in [-0.3, -0.25) is 0 Å². The smallest absolute Gasteiger partial charge is 0.596 e. The summed E-state index contributed by atoms with van der Waals surface area (Å²) in [5.74, 6) is 0. The predicted octanol–water partition coefficient (Wildman–Crippen LogP) is 1.49. The Morgan fingerprint density at radius 2 is 0.789 bits per heavy atom. The van der Waals surface area contributed by atoms with E-state index in [0.717, 1.165) is 19.3 Å². The minimum atomic E-state index is -2.10. The van der Waals surface area contributed by atoms with E-state index in [4.69, 9.17) is 0 Å². The largest absolute Gasteiger partial charge is 3.00 e. The van der Waals surface area contributed by atoms with Crippen molar-refractivity contribution in [1.29, 1.82) is 0 Å². The van der Waals surface area contributed by atoms with Crippen LogP contribution in [0.5, 0.6) is 0 Å². The average molecular weight is 374 g/mol. The van der Waals surface area contributed by atoms with Crippen LogP contribution in [0.15, 0.2) is 0 Å². The van der Waals surface area contributed by atoms with E-state index in [1.54, 1.807) is 0 Å². The molecular weight excluding hydrogens is 353 g/mol. The molecule has 0 amide bonds. The molecule has 0 aromatic rings. The van der Waals surface area contributed by atoms with Crippen LogP contribution in [0.2, 0.25) is 0 Å². The van der Waals surface area contributed by atoms with Gasteiger partial charge in [0.25, 0.3) is 0 Å². The van der Waals surface area contributed by atoms with Crippen molar-refractivity contribution < 1.29 is 45.4 Å². The Morgan fingerprint density at radius 1 is 0.632 bits per heavy atom. The van der Waals surface area contributed by atoms with Gasteiger partial charge in [0, 0.05) is 0 Å². The standard InChI is InChI=1S/3C3H7O2P.Fe/c3*1-2-3-6(4)5;/h3*2-3H2,1H3;/q;;;+3. The first kappa shape index (κ1) is 27.9. The molecule has 6 nitrogen and oxygen atoms in total. The van der Waals surface area contributed by atoms with E-state index in [9.17, 15) is 28.4 Å². The van der Waals surface area contributed by atoms with Crippen LogP contribution in [-0.4, -0.2) is 18.5 Å². The Morgan fingerprint density at radius 3 is 0.789 bits per heavy atom. The van der Waals surface area contributed by atoms with Gasteiger partial charge in [0.15, 0.2) is 0 Å². The van der Waals surface area contributed by atoms with Crippen molar-refractivity contribution in [3.05, 3.63) is 0 Å². The van der Waals surface area contributed by atoms with Gasteiger partial charge in [-0.15, -0.1) is 0 Å². The zero-order chi connectivity index (χ0) is 15.0. The summed E-state index contributed by atoms with van der Waals surface area (Å²) in [6.07, 6.45) is 3.19. The first-order chi connectivity index (χ1) is 8.31. The van der Waals surface area contributed by atoms with Gasteiger partial charge in [0.1, 0.15) is 18.5 Å². The van der Waals surface area contributed by atoms with Crippen LogP contribution >= 0.6 is 24.1 Å². The third kappa shape index (κ3) is 55.4. The fraction of sp³-hybridized carbons (Fsp3) is 1.00. The van der Waals surface area contributed by atoms with Crippen molar-refractivity contribution in [1.82, 2.24) is 0 Å². The molecule has 0 N–H and O–H groups in total. The zero-order valence-electron chi connectivity index (χ0n) is 11.4. The van der Waals surface area contributed by atoms with Gasteiger partial charge >= 0.3 is 41.2 Å². The molecular formula is C9H21FeO6P3+3. The molecule has 0 heterocycles. The minimum absolute atomic E-state index is 0. The molecule has 0 aliphatic carbocycles. The molecule has 0 fully saturated rings. The van der Waals surface area contributed by atoms with E-state index in [2.05, 4.69) is 0 Å². The van der Waals surface area contributed by atoms with E-state index in [0.29, 0.717) is 18.5 Å². The molecule has 0 aliphatic heterocycles. The van der Waals surface area contributed by atoms with Gasteiger partial charge in [-0.25, -0.2) is 0 Å². The molecule has 3 atom stereocenters. The maximum atomic E-state index is 9.64. The third-order valence-electron chi connectivity index (χ3n) is 1.22. The second-order valence-corrected chi connectivity index (χ2v) is 6.51. The van der Waals surface area contributed by atoms with Gasteiger partial charge in [-0.1, -0.05) is 34.5 Å². The Balaban J connectivity index is -0.0000000865. The normalized spacial score (nSPS) is 10.7. The summed E-state index contributed by atoms with van der Waals surface area (Å²) in [6, 6.07) is 0. The second-order valence-electron chi connectivity index (χ2n) is 3.17. The number of rotatable bonds is 6. The fourth-order valence-electron chi connectivity index (χ4n) is 0.548. The maximum absolute atomic E-state index is 9.64. The van der Waals surface area contributed by atoms with Crippen molar-refractivity contribution in [3.8, 4) is 0 Å². The van der Waals surface area contributed by atoms with Gasteiger partial charge in [0.05, 0.1) is 0 Å². The Hall–Kier alpha value is 0.699. The predicted molar refractivity (Wildman–Crippen MR) is 68.3 cm³/mol. The molecule has 0 saturated carbocycles. The first-order valence-corrected chi connectivity index (χ1v) is 9.75. The topological polar surface area (TPSA) is 120 Å². The summed E-state index contributed by atoms with van der Waals surface area (Å²) in [7, 11) is -6.30. The van der Waals surface area contributed by atoms with E-state index in [-0.39, 0.29) is 17.1 Å². The molecule has 0 aromatic carbocycles. The van der Waals surface area contributed by atoms with Crippen LogP contribution in [0.25, 0.3) is 0 Å². The average Bonchev–Trinajstić information content (AvgIpc) is 2.18. The first-order valence-electron chi connectivity index (χ1n) is 5.67. The van der Waals surface area contributed by atoms with Crippen molar-refractivity contribution in [2.75, 3.05) is 18.5 Å². The van der Waals surface area contributed by atoms with Crippen LogP contribution in [0.4, 0.5) is 0 Å². The molecule has 0 spiro atoms. The summed E-state index contributed by atoms with van der Waals surface area (Å²) in [5, 5.41) is 0. The van der Waals surface area contributed by atoms with Crippen LogP contribution in [0.3, 0.4) is 0 Å². The maximum Gasteiger partial charge on any atom is 3.00 e. The third-order valence-corrected chi connectivity index (χ3v) is 3.66. The Kier molecular flexibility index (Phi) is 35.0. The van der Waals surface area contributed by atoms with Crippen molar-refractivity contribution in [2.24, 2.45) is 0 Å². The molecule has 3 unspecified atom stereocenters.